The highest BCUT2D eigenvalue weighted by Gasteiger charge is 2.13. The molecular weight excluding hydrogens is 414 g/mol. The van der Waals surface area contributed by atoms with Gasteiger partial charge in [-0.3, -0.25) is 4.79 Å². The molecule has 152 valence electrons. The number of pyridine rings is 1. The molecule has 0 radical (unpaired) electrons. The van der Waals surface area contributed by atoms with Crippen LogP contribution in [0.4, 0.5) is 0 Å². The molecule has 0 fully saturated rings. The lowest BCUT2D eigenvalue weighted by Gasteiger charge is -2.04. The van der Waals surface area contributed by atoms with E-state index < -0.39 is 0 Å². The van der Waals surface area contributed by atoms with Crippen molar-refractivity contribution in [3.8, 4) is 22.8 Å². The molecule has 3 aromatic heterocycles. The molecule has 3 heterocycles. The second-order valence-corrected chi connectivity index (χ2v) is 7.33. The topological polar surface area (TPSA) is 81.2 Å². The number of nitrogens with zero attached hydrogens (tertiary/aromatic N) is 2. The van der Waals surface area contributed by atoms with E-state index in [1.54, 1.807) is 36.5 Å². The summed E-state index contributed by atoms with van der Waals surface area (Å²) in [6, 6.07) is 21.9. The van der Waals surface area contributed by atoms with Crippen LogP contribution in [0.25, 0.3) is 34.0 Å². The number of fused-ring (bicyclic) bond motifs is 1. The molecule has 5 rings (SSSR count). The van der Waals surface area contributed by atoms with E-state index in [9.17, 15) is 4.79 Å². The van der Waals surface area contributed by atoms with Crippen molar-refractivity contribution in [2.45, 2.75) is 6.54 Å². The summed E-state index contributed by atoms with van der Waals surface area (Å²) in [6.07, 6.45) is 1.68. The third-order valence-electron chi connectivity index (χ3n) is 4.76. The highest BCUT2D eigenvalue weighted by Crippen LogP contribution is 2.25. The lowest BCUT2D eigenvalue weighted by Crippen LogP contribution is -2.22. The highest BCUT2D eigenvalue weighted by atomic mass is 35.5. The Morgan fingerprint density at radius 1 is 0.935 bits per heavy atom. The number of rotatable bonds is 5. The molecule has 5 aromatic rings. The Labute approximate surface area is 182 Å². The highest BCUT2D eigenvalue weighted by molar-refractivity contribution is 6.30. The predicted molar refractivity (Wildman–Crippen MR) is 118 cm³/mol. The van der Waals surface area contributed by atoms with Crippen molar-refractivity contribution < 1.29 is 13.6 Å². The Morgan fingerprint density at radius 3 is 2.61 bits per heavy atom. The van der Waals surface area contributed by atoms with Gasteiger partial charge < -0.3 is 14.2 Å². The van der Waals surface area contributed by atoms with Crippen LogP contribution < -0.4 is 5.32 Å². The zero-order valence-corrected chi connectivity index (χ0v) is 17.0. The molecule has 0 saturated carbocycles. The number of carbonyl (C=O) groups excluding carboxylic acids is 1. The first-order valence-corrected chi connectivity index (χ1v) is 9.98. The van der Waals surface area contributed by atoms with Crippen LogP contribution in [0, 0.1) is 0 Å². The molecule has 0 spiro atoms. The van der Waals surface area contributed by atoms with E-state index >= 15 is 0 Å². The van der Waals surface area contributed by atoms with Crippen molar-refractivity contribution in [2.24, 2.45) is 0 Å². The summed E-state index contributed by atoms with van der Waals surface area (Å²) >= 11 is 6.02. The lowest BCUT2D eigenvalue weighted by molar-refractivity contribution is 0.0924. The largest absolute Gasteiger partial charge is 0.451 e. The van der Waals surface area contributed by atoms with Gasteiger partial charge in [0.05, 0.1) is 0 Å². The molecular formula is C24H16ClN3O3. The normalized spacial score (nSPS) is 11.0. The molecule has 1 N–H and O–H groups in total. The smallest absolute Gasteiger partial charge is 0.287 e. The molecule has 0 saturated heterocycles. The first kappa shape index (κ1) is 19.1. The minimum absolute atomic E-state index is 0.241. The van der Waals surface area contributed by atoms with Crippen LogP contribution in [0.3, 0.4) is 0 Å². The van der Waals surface area contributed by atoms with E-state index in [1.807, 2.05) is 42.5 Å². The minimum Gasteiger partial charge on any atom is -0.451 e. The average Bonchev–Trinajstić information content (AvgIpc) is 3.45. The fourth-order valence-corrected chi connectivity index (χ4v) is 3.37. The number of hydrogen-bond donors (Lipinski definition) is 1. The van der Waals surface area contributed by atoms with E-state index in [2.05, 4.69) is 15.3 Å². The zero-order valence-electron chi connectivity index (χ0n) is 16.2. The van der Waals surface area contributed by atoms with Crippen molar-refractivity contribution >= 4 is 28.7 Å². The summed E-state index contributed by atoms with van der Waals surface area (Å²) in [6.45, 7) is 0.363. The predicted octanol–water partition coefficient (Wildman–Crippen LogP) is 5.73. The number of carbonyl (C=O) groups is 1. The molecule has 0 atom stereocenters. The van der Waals surface area contributed by atoms with Crippen molar-refractivity contribution in [1.82, 2.24) is 15.3 Å². The first-order valence-electron chi connectivity index (χ1n) is 9.60. The van der Waals surface area contributed by atoms with E-state index in [0.717, 1.165) is 16.7 Å². The maximum absolute atomic E-state index is 12.5. The molecule has 6 nitrogen and oxygen atoms in total. The molecule has 0 aliphatic rings. The van der Waals surface area contributed by atoms with Gasteiger partial charge in [-0.15, -0.1) is 0 Å². The number of benzene rings is 2. The van der Waals surface area contributed by atoms with Gasteiger partial charge in [0.15, 0.2) is 17.0 Å². The van der Waals surface area contributed by atoms with Crippen LogP contribution in [-0.2, 0) is 6.54 Å². The van der Waals surface area contributed by atoms with Crippen LogP contribution in [0.2, 0.25) is 5.02 Å². The molecule has 31 heavy (non-hydrogen) atoms. The molecule has 0 bridgehead atoms. The number of hydrogen-bond acceptors (Lipinski definition) is 5. The van der Waals surface area contributed by atoms with Crippen LogP contribution in [0.1, 0.15) is 16.1 Å². The molecule has 0 unspecified atom stereocenters. The number of furan rings is 1. The Morgan fingerprint density at radius 2 is 1.81 bits per heavy atom. The SMILES string of the molecule is O=C(NCc1ccc(-c2nc3ncccc3o2)cc1)c1ccc(-c2cccc(Cl)c2)o1. The van der Waals surface area contributed by atoms with Crippen molar-refractivity contribution in [3.05, 3.63) is 95.3 Å². The number of halogens is 1. The van der Waals surface area contributed by atoms with Gasteiger partial charge in [0.2, 0.25) is 5.89 Å². The third-order valence-corrected chi connectivity index (χ3v) is 4.99. The number of nitrogens with one attached hydrogen (secondary N) is 1. The van der Waals surface area contributed by atoms with Crippen molar-refractivity contribution in [1.29, 1.82) is 0 Å². The summed E-state index contributed by atoms with van der Waals surface area (Å²) in [7, 11) is 0. The molecule has 0 aliphatic carbocycles. The Kier molecular flexibility index (Phi) is 4.98. The summed E-state index contributed by atoms with van der Waals surface area (Å²) in [5.74, 6) is 1.05. The quantitative estimate of drug-likeness (QED) is 0.385. The minimum atomic E-state index is -0.289. The van der Waals surface area contributed by atoms with Gasteiger partial charge in [0.25, 0.3) is 5.91 Å². The van der Waals surface area contributed by atoms with Gasteiger partial charge in [-0.2, -0.15) is 4.98 Å². The van der Waals surface area contributed by atoms with E-state index in [0.29, 0.717) is 34.4 Å². The third kappa shape index (κ3) is 4.06. The lowest BCUT2D eigenvalue weighted by atomic mass is 10.1. The monoisotopic (exact) mass is 429 g/mol. The van der Waals surface area contributed by atoms with Gasteiger partial charge in [-0.25, -0.2) is 4.98 Å². The van der Waals surface area contributed by atoms with Gasteiger partial charge >= 0.3 is 0 Å². The van der Waals surface area contributed by atoms with E-state index in [-0.39, 0.29) is 11.7 Å². The number of aromatic nitrogens is 2. The molecule has 2 aromatic carbocycles. The first-order chi connectivity index (χ1) is 15.2. The number of oxazole rings is 1. The van der Waals surface area contributed by atoms with Crippen LogP contribution in [-0.4, -0.2) is 15.9 Å². The van der Waals surface area contributed by atoms with Crippen molar-refractivity contribution in [3.63, 3.8) is 0 Å². The van der Waals surface area contributed by atoms with Crippen molar-refractivity contribution in [2.75, 3.05) is 0 Å². The Hall–Kier alpha value is -3.90. The van der Waals surface area contributed by atoms with Crippen LogP contribution in [0.5, 0.6) is 0 Å². The second-order valence-electron chi connectivity index (χ2n) is 6.90. The second kappa shape index (κ2) is 8.08. The Bertz CT molecular complexity index is 1340. The summed E-state index contributed by atoms with van der Waals surface area (Å²) in [5, 5.41) is 3.47. The molecule has 0 aliphatic heterocycles. The molecule has 7 heteroatoms. The molecule has 1 amide bonds. The average molecular weight is 430 g/mol. The zero-order chi connectivity index (χ0) is 21.2. The summed E-state index contributed by atoms with van der Waals surface area (Å²) in [4.78, 5) is 21.0. The van der Waals surface area contributed by atoms with Gasteiger partial charge in [-0.1, -0.05) is 35.9 Å². The Balaban J connectivity index is 1.24. The van der Waals surface area contributed by atoms with Gasteiger partial charge in [-0.05, 0) is 54.1 Å². The van der Waals surface area contributed by atoms with Crippen LogP contribution in [0.15, 0.2) is 87.8 Å². The maximum Gasteiger partial charge on any atom is 0.287 e. The summed E-state index contributed by atoms with van der Waals surface area (Å²) in [5.41, 5.74) is 3.81. The van der Waals surface area contributed by atoms with Crippen LogP contribution >= 0.6 is 11.6 Å². The maximum atomic E-state index is 12.5. The fraction of sp³-hybridized carbons (Fsp3) is 0.0417. The van der Waals surface area contributed by atoms with Gasteiger partial charge in [0, 0.05) is 28.9 Å². The van der Waals surface area contributed by atoms with Gasteiger partial charge in [0.1, 0.15) is 5.76 Å². The van der Waals surface area contributed by atoms with E-state index in [1.165, 1.54) is 0 Å². The standard InChI is InChI=1S/C24H16ClN3O3/c25-18-4-1-3-17(13-18)19-10-11-21(30-19)23(29)27-14-15-6-8-16(9-7-15)24-28-22-20(31-24)5-2-12-26-22/h1-13H,14H2,(H,27,29). The van der Waals surface area contributed by atoms with E-state index in [4.69, 9.17) is 20.4 Å². The summed E-state index contributed by atoms with van der Waals surface area (Å²) < 4.78 is 11.4. The number of amides is 1. The fourth-order valence-electron chi connectivity index (χ4n) is 3.18.